The summed E-state index contributed by atoms with van der Waals surface area (Å²) in [6, 6.07) is 0. The van der Waals surface area contributed by atoms with Crippen molar-refractivity contribution in [1.29, 1.82) is 0 Å². The Hall–Kier alpha value is -1.03. The van der Waals surface area contributed by atoms with Crippen molar-refractivity contribution >= 4 is 0 Å². The topological polar surface area (TPSA) is 4.36 Å². The Labute approximate surface area is 136 Å². The molecule has 1 nitrogen and oxygen atoms in total. The summed E-state index contributed by atoms with van der Waals surface area (Å²) in [4.78, 5) is 4.13. The summed E-state index contributed by atoms with van der Waals surface area (Å²) in [6.45, 7) is 21.4. The number of allylic oxidation sites excluding steroid dienone is 3. The van der Waals surface area contributed by atoms with Gasteiger partial charge < -0.3 is 4.85 Å². The zero-order chi connectivity index (χ0) is 16.1. The molecule has 3 saturated carbocycles. The minimum absolute atomic E-state index is 0.118. The van der Waals surface area contributed by atoms with E-state index in [1.165, 1.54) is 30.4 Å². The van der Waals surface area contributed by atoms with Crippen LogP contribution in [-0.4, -0.2) is 5.54 Å². The zero-order valence-electron chi connectivity index (χ0n) is 14.7. The molecule has 3 aliphatic rings. The predicted molar refractivity (Wildman–Crippen MR) is 93.3 cm³/mol. The molecular weight excluding hydrogens is 266 g/mol. The first-order valence-electron chi connectivity index (χ1n) is 9.08. The molecule has 0 aromatic heterocycles. The van der Waals surface area contributed by atoms with Gasteiger partial charge in [-0.25, -0.2) is 6.57 Å². The Kier molecular flexibility index (Phi) is 4.00. The van der Waals surface area contributed by atoms with Crippen molar-refractivity contribution in [2.75, 3.05) is 0 Å². The molecule has 1 heteroatoms. The lowest BCUT2D eigenvalue weighted by Gasteiger charge is -2.57. The molecule has 0 aliphatic heterocycles. The average molecular weight is 297 g/mol. The third-order valence-corrected chi connectivity index (χ3v) is 7.04. The molecular formula is C21H31N. The van der Waals surface area contributed by atoms with Crippen LogP contribution >= 0.6 is 0 Å². The van der Waals surface area contributed by atoms with Crippen LogP contribution in [-0.2, 0) is 0 Å². The van der Waals surface area contributed by atoms with Crippen LogP contribution in [0.1, 0.15) is 59.8 Å². The third kappa shape index (κ3) is 2.36. The zero-order valence-corrected chi connectivity index (χ0v) is 14.7. The molecule has 3 fully saturated rings. The summed E-state index contributed by atoms with van der Waals surface area (Å²) < 4.78 is 0. The van der Waals surface area contributed by atoms with Crippen LogP contribution in [0.15, 0.2) is 23.8 Å². The predicted octanol–water partition coefficient (Wildman–Crippen LogP) is 5.90. The second-order valence-electron chi connectivity index (χ2n) is 8.70. The Morgan fingerprint density at radius 1 is 1.36 bits per heavy atom. The molecule has 0 spiro atoms. The van der Waals surface area contributed by atoms with Crippen molar-refractivity contribution in [2.24, 2.45) is 35.5 Å². The van der Waals surface area contributed by atoms with Crippen LogP contribution in [0.25, 0.3) is 4.85 Å². The van der Waals surface area contributed by atoms with Gasteiger partial charge in [-0.2, -0.15) is 0 Å². The van der Waals surface area contributed by atoms with Crippen LogP contribution in [0.4, 0.5) is 0 Å². The van der Waals surface area contributed by atoms with Gasteiger partial charge >= 0.3 is 0 Å². The molecule has 0 unspecified atom stereocenters. The number of hydrogen-bond donors (Lipinski definition) is 0. The molecule has 7 atom stereocenters. The molecule has 0 saturated heterocycles. The van der Waals surface area contributed by atoms with E-state index in [4.69, 9.17) is 6.57 Å². The van der Waals surface area contributed by atoms with Crippen molar-refractivity contribution in [2.45, 2.75) is 65.3 Å². The molecule has 0 amide bonds. The van der Waals surface area contributed by atoms with Crippen LogP contribution in [0, 0.1) is 42.1 Å². The second kappa shape index (κ2) is 5.55. The third-order valence-electron chi connectivity index (χ3n) is 7.04. The molecule has 0 heterocycles. The first kappa shape index (κ1) is 15.9. The fraction of sp³-hybridized carbons (Fsp3) is 0.762. The van der Waals surface area contributed by atoms with E-state index >= 15 is 0 Å². The molecule has 3 rings (SSSR count). The van der Waals surface area contributed by atoms with Gasteiger partial charge in [0.2, 0.25) is 5.54 Å². The SMILES string of the molecule is [C-]#[N+][C@@]1(C)CC[C@H]2[C@H]3[C@@H](C(=C)CC[C@@H]31)[C@@H](C=C(C)C)C[C@@H]2C. The summed E-state index contributed by atoms with van der Waals surface area (Å²) in [5, 5.41) is 0. The number of hydrogen-bond acceptors (Lipinski definition) is 0. The van der Waals surface area contributed by atoms with Crippen molar-refractivity contribution in [3.63, 3.8) is 0 Å². The molecule has 22 heavy (non-hydrogen) atoms. The number of rotatable bonds is 1. The molecule has 0 aromatic rings. The van der Waals surface area contributed by atoms with Crippen molar-refractivity contribution in [3.05, 3.63) is 35.2 Å². The quantitative estimate of drug-likeness (QED) is 0.419. The first-order valence-corrected chi connectivity index (χ1v) is 9.08. The summed E-state index contributed by atoms with van der Waals surface area (Å²) in [5.41, 5.74) is 2.80. The van der Waals surface area contributed by atoms with E-state index in [2.05, 4.69) is 45.2 Å². The normalized spacial score (nSPS) is 47.3. The molecule has 0 bridgehead atoms. The highest BCUT2D eigenvalue weighted by molar-refractivity contribution is 5.22. The Morgan fingerprint density at radius 2 is 2.09 bits per heavy atom. The maximum absolute atomic E-state index is 7.78. The van der Waals surface area contributed by atoms with Gasteiger partial charge in [-0.15, -0.1) is 0 Å². The lowest BCUT2D eigenvalue weighted by molar-refractivity contribution is -0.0389. The molecule has 120 valence electrons. The highest BCUT2D eigenvalue weighted by Gasteiger charge is 2.59. The lowest BCUT2D eigenvalue weighted by Crippen LogP contribution is -2.54. The maximum atomic E-state index is 7.78. The van der Waals surface area contributed by atoms with Gasteiger partial charge in [0.05, 0.1) is 0 Å². The Bertz CT molecular complexity index is 533. The molecule has 0 radical (unpaired) electrons. The van der Waals surface area contributed by atoms with Crippen LogP contribution in [0.2, 0.25) is 0 Å². The standard InChI is InChI=1S/C21H31N/c1-13(2)11-16-12-15(4)17-9-10-21(5,22-6)18-8-7-14(3)19(16)20(17)18/h11,15-20H,3,7-10,12H2,1-2,4-5H3/t15-,16-,17+,18-,19-,20+,21-/m0/s1. The summed E-state index contributed by atoms with van der Waals surface area (Å²) in [6.07, 6.45) is 8.53. The Morgan fingerprint density at radius 3 is 2.73 bits per heavy atom. The second-order valence-corrected chi connectivity index (χ2v) is 8.70. The van der Waals surface area contributed by atoms with Gasteiger partial charge in [-0.05, 0) is 69.1 Å². The van der Waals surface area contributed by atoms with E-state index in [-0.39, 0.29) is 5.54 Å². The van der Waals surface area contributed by atoms with E-state index in [0.717, 1.165) is 24.7 Å². The molecule has 3 aliphatic carbocycles. The highest BCUT2D eigenvalue weighted by atomic mass is 14.8. The van der Waals surface area contributed by atoms with Crippen molar-refractivity contribution < 1.29 is 0 Å². The van der Waals surface area contributed by atoms with E-state index in [1.54, 1.807) is 0 Å². The van der Waals surface area contributed by atoms with E-state index in [9.17, 15) is 0 Å². The van der Waals surface area contributed by atoms with E-state index < -0.39 is 0 Å². The van der Waals surface area contributed by atoms with Crippen molar-refractivity contribution in [1.82, 2.24) is 0 Å². The highest BCUT2D eigenvalue weighted by Crippen LogP contribution is 2.61. The average Bonchev–Trinajstić information content (AvgIpc) is 2.45. The van der Waals surface area contributed by atoms with Gasteiger partial charge in [0.1, 0.15) is 0 Å². The minimum Gasteiger partial charge on any atom is -0.310 e. The van der Waals surface area contributed by atoms with Crippen molar-refractivity contribution in [3.8, 4) is 0 Å². The first-order chi connectivity index (χ1) is 10.4. The largest absolute Gasteiger partial charge is 0.310 e. The van der Waals surface area contributed by atoms with Gasteiger partial charge in [-0.3, -0.25) is 0 Å². The monoisotopic (exact) mass is 297 g/mol. The molecule has 0 N–H and O–H groups in total. The Balaban J connectivity index is 2.02. The number of nitrogens with zero attached hydrogens (tertiary/aromatic N) is 1. The fourth-order valence-corrected chi connectivity index (χ4v) is 6.09. The summed E-state index contributed by atoms with van der Waals surface area (Å²) >= 11 is 0. The van der Waals surface area contributed by atoms with E-state index in [1.807, 2.05) is 0 Å². The minimum atomic E-state index is -0.118. The van der Waals surface area contributed by atoms with Gasteiger partial charge in [0.25, 0.3) is 0 Å². The van der Waals surface area contributed by atoms with Crippen LogP contribution in [0.5, 0.6) is 0 Å². The maximum Gasteiger partial charge on any atom is 0.233 e. The summed E-state index contributed by atoms with van der Waals surface area (Å²) in [7, 11) is 0. The van der Waals surface area contributed by atoms with Crippen LogP contribution < -0.4 is 0 Å². The van der Waals surface area contributed by atoms with Crippen LogP contribution in [0.3, 0.4) is 0 Å². The van der Waals surface area contributed by atoms with Gasteiger partial charge in [0.15, 0.2) is 0 Å². The lowest BCUT2D eigenvalue weighted by atomic mass is 9.46. The fourth-order valence-electron chi connectivity index (χ4n) is 6.09. The van der Waals surface area contributed by atoms with E-state index in [0.29, 0.717) is 23.7 Å². The van der Waals surface area contributed by atoms with Gasteiger partial charge in [0, 0.05) is 19.3 Å². The smallest absolute Gasteiger partial charge is 0.233 e. The van der Waals surface area contributed by atoms with Gasteiger partial charge in [-0.1, -0.05) is 30.7 Å². The summed E-state index contributed by atoms with van der Waals surface area (Å²) in [5.74, 6) is 4.21. The molecule has 0 aromatic carbocycles.